The molecule has 0 aromatic heterocycles. The van der Waals surface area contributed by atoms with Crippen molar-refractivity contribution < 1.29 is 5.11 Å². The molecule has 0 aromatic carbocycles. The monoisotopic (exact) mass is 144 g/mol. The van der Waals surface area contributed by atoms with Crippen LogP contribution in [0.2, 0.25) is 0 Å². The van der Waals surface area contributed by atoms with Crippen molar-refractivity contribution in [1.82, 2.24) is 4.90 Å². The minimum Gasteiger partial charge on any atom is -0.390 e. The van der Waals surface area contributed by atoms with Crippen LogP contribution in [-0.4, -0.2) is 41.3 Å². The number of aliphatic hydroxyl groups excluding tert-OH is 1. The van der Waals surface area contributed by atoms with Gasteiger partial charge in [0.05, 0.1) is 6.10 Å². The molecule has 10 heavy (non-hydrogen) atoms. The lowest BCUT2D eigenvalue weighted by Crippen LogP contribution is -2.33. The lowest BCUT2D eigenvalue weighted by Gasteiger charge is -2.18. The van der Waals surface area contributed by atoms with Gasteiger partial charge in [0, 0.05) is 25.2 Å². The summed E-state index contributed by atoms with van der Waals surface area (Å²) in [4.78, 5) is 2.19. The SMILES string of the molecule is CC(C)N1C[C@@H](O)[C@@H](N)C1. The van der Waals surface area contributed by atoms with Crippen LogP contribution in [0, 0.1) is 0 Å². The number of rotatable bonds is 1. The largest absolute Gasteiger partial charge is 0.390 e. The first-order valence-electron chi connectivity index (χ1n) is 3.79. The number of hydrogen-bond donors (Lipinski definition) is 2. The summed E-state index contributed by atoms with van der Waals surface area (Å²) in [5.74, 6) is 0. The lowest BCUT2D eigenvalue weighted by molar-refractivity contribution is 0.158. The number of aliphatic hydroxyl groups is 1. The molecular weight excluding hydrogens is 128 g/mol. The zero-order valence-electron chi connectivity index (χ0n) is 6.62. The van der Waals surface area contributed by atoms with E-state index in [0.717, 1.165) is 13.1 Å². The van der Waals surface area contributed by atoms with Gasteiger partial charge in [0.1, 0.15) is 0 Å². The first kappa shape index (κ1) is 7.98. The van der Waals surface area contributed by atoms with Crippen LogP contribution in [0.3, 0.4) is 0 Å². The molecule has 0 aliphatic carbocycles. The molecule has 0 amide bonds. The van der Waals surface area contributed by atoms with Crippen LogP contribution in [-0.2, 0) is 0 Å². The third-order valence-corrected chi connectivity index (χ3v) is 2.09. The van der Waals surface area contributed by atoms with E-state index in [9.17, 15) is 5.11 Å². The maximum absolute atomic E-state index is 9.25. The Morgan fingerprint density at radius 1 is 1.50 bits per heavy atom. The average molecular weight is 144 g/mol. The van der Waals surface area contributed by atoms with Gasteiger partial charge in [0.2, 0.25) is 0 Å². The van der Waals surface area contributed by atoms with E-state index in [1.54, 1.807) is 0 Å². The Morgan fingerprint density at radius 3 is 2.30 bits per heavy atom. The number of hydrogen-bond acceptors (Lipinski definition) is 3. The van der Waals surface area contributed by atoms with Crippen LogP contribution < -0.4 is 5.73 Å². The number of β-amino-alcohol motifs (C(OH)–C–C–N with tert-alkyl or cyclic N) is 1. The van der Waals surface area contributed by atoms with Crippen molar-refractivity contribution in [1.29, 1.82) is 0 Å². The second kappa shape index (κ2) is 2.86. The lowest BCUT2D eigenvalue weighted by atomic mass is 10.2. The standard InChI is InChI=1S/C7H16N2O/c1-5(2)9-3-6(8)7(10)4-9/h5-7,10H,3-4,8H2,1-2H3/t6-,7+/m0/s1. The van der Waals surface area contributed by atoms with E-state index in [4.69, 9.17) is 5.73 Å². The van der Waals surface area contributed by atoms with Crippen molar-refractivity contribution in [3.8, 4) is 0 Å². The third kappa shape index (κ3) is 1.48. The van der Waals surface area contributed by atoms with Gasteiger partial charge in [-0.15, -0.1) is 0 Å². The predicted octanol–water partition coefficient (Wildman–Crippen LogP) is -0.601. The molecule has 3 heteroatoms. The molecule has 2 atom stereocenters. The summed E-state index contributed by atoms with van der Waals surface area (Å²) in [5, 5.41) is 9.25. The highest BCUT2D eigenvalue weighted by molar-refractivity contribution is 4.87. The van der Waals surface area contributed by atoms with Crippen LogP contribution in [0.5, 0.6) is 0 Å². The highest BCUT2D eigenvalue weighted by Crippen LogP contribution is 2.10. The molecule has 1 heterocycles. The fourth-order valence-corrected chi connectivity index (χ4v) is 1.26. The Morgan fingerprint density at radius 2 is 2.10 bits per heavy atom. The van der Waals surface area contributed by atoms with E-state index >= 15 is 0 Å². The fraction of sp³-hybridized carbons (Fsp3) is 1.00. The van der Waals surface area contributed by atoms with Gasteiger partial charge in [-0.1, -0.05) is 0 Å². The van der Waals surface area contributed by atoms with E-state index in [2.05, 4.69) is 18.7 Å². The highest BCUT2D eigenvalue weighted by atomic mass is 16.3. The molecule has 0 aromatic rings. The Kier molecular flexibility index (Phi) is 2.28. The van der Waals surface area contributed by atoms with Crippen molar-refractivity contribution in [2.45, 2.75) is 32.0 Å². The summed E-state index contributed by atoms with van der Waals surface area (Å²) in [6.07, 6.45) is -0.317. The molecule has 0 unspecified atom stereocenters. The molecule has 1 rings (SSSR count). The van der Waals surface area contributed by atoms with Crippen molar-refractivity contribution in [2.24, 2.45) is 5.73 Å². The van der Waals surface area contributed by atoms with Crippen LogP contribution in [0.1, 0.15) is 13.8 Å². The molecule has 1 saturated heterocycles. The number of likely N-dealkylation sites (tertiary alicyclic amines) is 1. The molecule has 0 saturated carbocycles. The summed E-state index contributed by atoms with van der Waals surface area (Å²) < 4.78 is 0. The maximum Gasteiger partial charge on any atom is 0.0830 e. The number of nitrogens with zero attached hydrogens (tertiary/aromatic N) is 1. The van der Waals surface area contributed by atoms with E-state index in [1.807, 2.05) is 0 Å². The quantitative estimate of drug-likeness (QED) is 0.516. The molecule has 0 radical (unpaired) electrons. The summed E-state index contributed by atoms with van der Waals surface area (Å²) in [6, 6.07) is 0.464. The predicted molar refractivity (Wildman–Crippen MR) is 40.7 cm³/mol. The fourth-order valence-electron chi connectivity index (χ4n) is 1.26. The van der Waals surface area contributed by atoms with Crippen LogP contribution in [0.4, 0.5) is 0 Å². The zero-order chi connectivity index (χ0) is 7.72. The van der Waals surface area contributed by atoms with Gasteiger partial charge in [0.25, 0.3) is 0 Å². The van der Waals surface area contributed by atoms with E-state index in [1.165, 1.54) is 0 Å². The average Bonchev–Trinajstić information content (AvgIpc) is 2.13. The molecule has 3 nitrogen and oxygen atoms in total. The Hall–Kier alpha value is -0.120. The van der Waals surface area contributed by atoms with E-state index < -0.39 is 0 Å². The second-order valence-electron chi connectivity index (χ2n) is 3.28. The summed E-state index contributed by atoms with van der Waals surface area (Å²) in [7, 11) is 0. The van der Waals surface area contributed by atoms with Gasteiger partial charge in [-0.25, -0.2) is 0 Å². The van der Waals surface area contributed by atoms with Gasteiger partial charge in [-0.3, -0.25) is 4.90 Å². The van der Waals surface area contributed by atoms with Gasteiger partial charge in [-0.2, -0.15) is 0 Å². The molecule has 60 valence electrons. The molecule has 1 fully saturated rings. The van der Waals surface area contributed by atoms with E-state index in [0.29, 0.717) is 6.04 Å². The Labute approximate surface area is 61.8 Å². The Balaban J connectivity index is 2.41. The topological polar surface area (TPSA) is 49.5 Å². The zero-order valence-corrected chi connectivity index (χ0v) is 6.62. The molecule has 3 N–H and O–H groups in total. The minimum absolute atomic E-state index is 0.0394. The van der Waals surface area contributed by atoms with Crippen LogP contribution in [0.15, 0.2) is 0 Å². The summed E-state index contributed by atoms with van der Waals surface area (Å²) in [5.41, 5.74) is 5.61. The smallest absolute Gasteiger partial charge is 0.0830 e. The number of nitrogens with two attached hydrogens (primary N) is 1. The van der Waals surface area contributed by atoms with Gasteiger partial charge < -0.3 is 10.8 Å². The normalized spacial score (nSPS) is 35.7. The second-order valence-corrected chi connectivity index (χ2v) is 3.28. The van der Waals surface area contributed by atoms with Crippen molar-refractivity contribution in [3.05, 3.63) is 0 Å². The van der Waals surface area contributed by atoms with Crippen LogP contribution >= 0.6 is 0 Å². The van der Waals surface area contributed by atoms with Crippen molar-refractivity contribution >= 4 is 0 Å². The molecule has 1 aliphatic rings. The van der Waals surface area contributed by atoms with Crippen LogP contribution in [0.25, 0.3) is 0 Å². The minimum atomic E-state index is -0.317. The first-order valence-corrected chi connectivity index (χ1v) is 3.79. The van der Waals surface area contributed by atoms with Gasteiger partial charge in [-0.05, 0) is 13.8 Å². The van der Waals surface area contributed by atoms with E-state index in [-0.39, 0.29) is 12.1 Å². The maximum atomic E-state index is 9.25. The highest BCUT2D eigenvalue weighted by Gasteiger charge is 2.29. The first-order chi connectivity index (χ1) is 4.61. The molecule has 0 spiro atoms. The molecular formula is C7H16N2O. The molecule has 0 bridgehead atoms. The molecule has 1 aliphatic heterocycles. The Bertz CT molecular complexity index is 106. The third-order valence-electron chi connectivity index (χ3n) is 2.09. The van der Waals surface area contributed by atoms with Gasteiger partial charge in [0.15, 0.2) is 0 Å². The van der Waals surface area contributed by atoms with Crippen molar-refractivity contribution in [2.75, 3.05) is 13.1 Å². The van der Waals surface area contributed by atoms with Gasteiger partial charge >= 0.3 is 0 Å². The summed E-state index contributed by atoms with van der Waals surface area (Å²) >= 11 is 0. The van der Waals surface area contributed by atoms with Crippen molar-refractivity contribution in [3.63, 3.8) is 0 Å². The summed E-state index contributed by atoms with van der Waals surface area (Å²) in [6.45, 7) is 5.80.